The molecular formula is C14H21NO4. The lowest BCUT2D eigenvalue weighted by molar-refractivity contribution is -0.143. The summed E-state index contributed by atoms with van der Waals surface area (Å²) in [7, 11) is 4.69. The molecule has 0 saturated carbocycles. The van der Waals surface area contributed by atoms with E-state index < -0.39 is 0 Å². The van der Waals surface area contributed by atoms with Crippen molar-refractivity contribution in [3.05, 3.63) is 23.8 Å². The number of rotatable bonds is 7. The topological polar surface area (TPSA) is 56.8 Å². The first-order valence-electron chi connectivity index (χ1n) is 6.15. The molecule has 19 heavy (non-hydrogen) atoms. The SMILES string of the molecule is CNC(CCOc1ccc(C)cc1OC)C(=O)OC. The molecule has 0 aliphatic carbocycles. The van der Waals surface area contributed by atoms with Gasteiger partial charge in [0.15, 0.2) is 11.5 Å². The van der Waals surface area contributed by atoms with Crippen LogP contribution in [0.3, 0.4) is 0 Å². The van der Waals surface area contributed by atoms with E-state index in [0.29, 0.717) is 24.5 Å². The first-order valence-corrected chi connectivity index (χ1v) is 6.15. The zero-order valence-electron chi connectivity index (χ0n) is 11.9. The number of nitrogens with one attached hydrogen (secondary N) is 1. The molecule has 1 atom stereocenters. The zero-order valence-corrected chi connectivity index (χ0v) is 11.9. The standard InChI is InChI=1S/C14H21NO4/c1-10-5-6-12(13(9-10)17-3)19-8-7-11(15-2)14(16)18-4/h5-6,9,11,15H,7-8H2,1-4H3. The summed E-state index contributed by atoms with van der Waals surface area (Å²) in [6, 6.07) is 5.36. The zero-order chi connectivity index (χ0) is 14.3. The fourth-order valence-electron chi connectivity index (χ4n) is 1.70. The summed E-state index contributed by atoms with van der Waals surface area (Å²) in [6.07, 6.45) is 0.528. The fourth-order valence-corrected chi connectivity index (χ4v) is 1.70. The summed E-state index contributed by atoms with van der Waals surface area (Å²) >= 11 is 0. The smallest absolute Gasteiger partial charge is 0.322 e. The molecule has 1 aromatic rings. The second-order valence-corrected chi connectivity index (χ2v) is 4.16. The van der Waals surface area contributed by atoms with E-state index >= 15 is 0 Å². The first-order chi connectivity index (χ1) is 9.12. The van der Waals surface area contributed by atoms with Crippen LogP contribution in [0.4, 0.5) is 0 Å². The van der Waals surface area contributed by atoms with Gasteiger partial charge in [-0.1, -0.05) is 6.07 Å². The van der Waals surface area contributed by atoms with Crippen molar-refractivity contribution in [1.29, 1.82) is 0 Å². The molecule has 1 N–H and O–H groups in total. The fraction of sp³-hybridized carbons (Fsp3) is 0.500. The van der Waals surface area contributed by atoms with Crippen LogP contribution in [-0.2, 0) is 9.53 Å². The van der Waals surface area contributed by atoms with Crippen LogP contribution in [0.1, 0.15) is 12.0 Å². The number of likely N-dealkylation sites (N-methyl/N-ethyl adjacent to an activating group) is 1. The normalized spacial score (nSPS) is 11.8. The molecule has 1 unspecified atom stereocenters. The number of benzene rings is 1. The van der Waals surface area contributed by atoms with Crippen molar-refractivity contribution in [2.24, 2.45) is 0 Å². The Morgan fingerprint density at radius 2 is 2.05 bits per heavy atom. The van der Waals surface area contributed by atoms with E-state index in [1.165, 1.54) is 7.11 Å². The van der Waals surface area contributed by atoms with Crippen molar-refractivity contribution in [3.63, 3.8) is 0 Å². The largest absolute Gasteiger partial charge is 0.493 e. The number of carbonyl (C=O) groups excluding carboxylic acids is 1. The molecule has 0 radical (unpaired) electrons. The Morgan fingerprint density at radius 1 is 1.32 bits per heavy atom. The monoisotopic (exact) mass is 267 g/mol. The van der Waals surface area contributed by atoms with Crippen LogP contribution in [0.25, 0.3) is 0 Å². The molecule has 1 rings (SSSR count). The second-order valence-electron chi connectivity index (χ2n) is 4.16. The molecule has 0 bridgehead atoms. The van der Waals surface area contributed by atoms with Crippen molar-refractivity contribution in [3.8, 4) is 11.5 Å². The van der Waals surface area contributed by atoms with Gasteiger partial charge in [0.25, 0.3) is 0 Å². The Balaban J connectivity index is 2.55. The molecule has 0 spiro atoms. The van der Waals surface area contributed by atoms with E-state index in [2.05, 4.69) is 10.1 Å². The van der Waals surface area contributed by atoms with Gasteiger partial charge in [-0.2, -0.15) is 0 Å². The highest BCUT2D eigenvalue weighted by molar-refractivity contribution is 5.75. The molecule has 0 saturated heterocycles. The molecule has 5 heteroatoms. The molecule has 5 nitrogen and oxygen atoms in total. The van der Waals surface area contributed by atoms with Crippen LogP contribution >= 0.6 is 0 Å². The summed E-state index contributed by atoms with van der Waals surface area (Å²) in [6.45, 7) is 2.39. The van der Waals surface area contributed by atoms with Gasteiger partial charge in [-0.25, -0.2) is 0 Å². The van der Waals surface area contributed by atoms with E-state index in [1.54, 1.807) is 14.2 Å². The minimum atomic E-state index is -0.360. The van der Waals surface area contributed by atoms with Gasteiger partial charge in [-0.3, -0.25) is 4.79 Å². The van der Waals surface area contributed by atoms with E-state index in [0.717, 1.165) is 5.56 Å². The Hall–Kier alpha value is -1.75. The maximum atomic E-state index is 11.4. The van der Waals surface area contributed by atoms with Gasteiger partial charge in [0.05, 0.1) is 20.8 Å². The van der Waals surface area contributed by atoms with Crippen molar-refractivity contribution in [2.75, 3.05) is 27.9 Å². The van der Waals surface area contributed by atoms with Gasteiger partial charge in [0, 0.05) is 6.42 Å². The van der Waals surface area contributed by atoms with Crippen LogP contribution in [-0.4, -0.2) is 39.9 Å². The summed E-state index contributed by atoms with van der Waals surface area (Å²) < 4.78 is 15.6. The number of hydrogen-bond acceptors (Lipinski definition) is 5. The van der Waals surface area contributed by atoms with Crippen molar-refractivity contribution in [2.45, 2.75) is 19.4 Å². The number of ether oxygens (including phenoxy) is 3. The van der Waals surface area contributed by atoms with Gasteiger partial charge >= 0.3 is 5.97 Å². The maximum Gasteiger partial charge on any atom is 0.322 e. The van der Waals surface area contributed by atoms with Gasteiger partial charge in [-0.15, -0.1) is 0 Å². The van der Waals surface area contributed by atoms with E-state index in [4.69, 9.17) is 9.47 Å². The van der Waals surface area contributed by atoms with E-state index in [1.807, 2.05) is 25.1 Å². The Labute approximate surface area is 113 Å². The number of hydrogen-bond donors (Lipinski definition) is 1. The number of carbonyl (C=O) groups is 1. The lowest BCUT2D eigenvalue weighted by Crippen LogP contribution is -2.36. The van der Waals surface area contributed by atoms with Crippen molar-refractivity contribution < 1.29 is 19.0 Å². The lowest BCUT2D eigenvalue weighted by atomic mass is 10.2. The quantitative estimate of drug-likeness (QED) is 0.759. The number of esters is 1. The third-order valence-electron chi connectivity index (χ3n) is 2.82. The first kappa shape index (κ1) is 15.3. The Morgan fingerprint density at radius 3 is 2.63 bits per heavy atom. The maximum absolute atomic E-state index is 11.4. The lowest BCUT2D eigenvalue weighted by Gasteiger charge is -2.15. The molecule has 1 aromatic carbocycles. The molecule has 0 aliphatic heterocycles. The van der Waals surface area contributed by atoms with Crippen molar-refractivity contribution in [1.82, 2.24) is 5.32 Å². The van der Waals surface area contributed by atoms with Gasteiger partial charge < -0.3 is 19.5 Å². The molecule has 106 valence electrons. The third kappa shape index (κ3) is 4.44. The predicted molar refractivity (Wildman–Crippen MR) is 72.7 cm³/mol. The average molecular weight is 267 g/mol. The number of methoxy groups -OCH3 is 2. The molecule has 0 fully saturated rings. The van der Waals surface area contributed by atoms with Crippen molar-refractivity contribution >= 4 is 5.97 Å². The summed E-state index contributed by atoms with van der Waals surface area (Å²) in [5, 5.41) is 2.89. The highest BCUT2D eigenvalue weighted by Gasteiger charge is 2.16. The van der Waals surface area contributed by atoms with Gasteiger partial charge in [0.2, 0.25) is 0 Å². The van der Waals surface area contributed by atoms with Crippen LogP contribution < -0.4 is 14.8 Å². The number of aryl methyl sites for hydroxylation is 1. The van der Waals surface area contributed by atoms with E-state index in [9.17, 15) is 4.79 Å². The summed E-state index contributed by atoms with van der Waals surface area (Å²) in [5.41, 5.74) is 1.10. The predicted octanol–water partition coefficient (Wildman–Crippen LogP) is 1.53. The molecule has 0 aliphatic rings. The minimum Gasteiger partial charge on any atom is -0.493 e. The summed E-state index contributed by atoms with van der Waals surface area (Å²) in [5.74, 6) is 1.08. The Kier molecular flexibility index (Phi) is 6.15. The molecule has 0 amide bonds. The Bertz CT molecular complexity index is 420. The highest BCUT2D eigenvalue weighted by atomic mass is 16.5. The molecular weight excluding hydrogens is 246 g/mol. The highest BCUT2D eigenvalue weighted by Crippen LogP contribution is 2.27. The third-order valence-corrected chi connectivity index (χ3v) is 2.82. The molecule has 0 aromatic heterocycles. The molecule has 0 heterocycles. The van der Waals surface area contributed by atoms with Gasteiger partial charge in [0.1, 0.15) is 6.04 Å². The summed E-state index contributed by atoms with van der Waals surface area (Å²) in [4.78, 5) is 11.4. The van der Waals surface area contributed by atoms with E-state index in [-0.39, 0.29) is 12.0 Å². The van der Waals surface area contributed by atoms with Crippen LogP contribution in [0.15, 0.2) is 18.2 Å². The second kappa shape index (κ2) is 7.63. The van der Waals surface area contributed by atoms with Crippen LogP contribution in [0.2, 0.25) is 0 Å². The van der Waals surface area contributed by atoms with Gasteiger partial charge in [-0.05, 0) is 31.7 Å². The average Bonchev–Trinajstić information content (AvgIpc) is 2.44. The minimum absolute atomic E-state index is 0.290. The van der Waals surface area contributed by atoms with Crippen LogP contribution in [0.5, 0.6) is 11.5 Å². The van der Waals surface area contributed by atoms with Crippen LogP contribution in [0, 0.1) is 6.92 Å².